The van der Waals surface area contributed by atoms with Crippen LogP contribution in [-0.4, -0.2) is 24.7 Å². The molecule has 0 aliphatic heterocycles. The Balaban J connectivity index is 2.07. The monoisotopic (exact) mass is 263 g/mol. The first-order chi connectivity index (χ1) is 8.81. The number of hydrogen-bond acceptors (Lipinski definition) is 5. The first-order valence-electron chi connectivity index (χ1n) is 5.54. The van der Waals surface area contributed by atoms with Gasteiger partial charge in [0, 0.05) is 18.2 Å². The van der Waals surface area contributed by atoms with Crippen molar-refractivity contribution >= 4 is 17.2 Å². The molecule has 0 saturated heterocycles. The van der Waals surface area contributed by atoms with Gasteiger partial charge in [-0.25, -0.2) is 0 Å². The Kier molecular flexibility index (Phi) is 2.71. The molecule has 3 heterocycles. The van der Waals surface area contributed by atoms with Crippen LogP contribution in [0, 0.1) is 0 Å². The number of pyridine rings is 1. The van der Waals surface area contributed by atoms with Crippen LogP contribution in [0.1, 0.15) is 18.6 Å². The largest absolute Gasteiger partial charge is 0.334 e. The molecule has 0 spiro atoms. The van der Waals surface area contributed by atoms with Crippen molar-refractivity contribution in [3.63, 3.8) is 0 Å². The summed E-state index contributed by atoms with van der Waals surface area (Å²) < 4.78 is 7.01. The highest BCUT2D eigenvalue weighted by Crippen LogP contribution is 2.19. The molecule has 0 aliphatic carbocycles. The molecule has 18 heavy (non-hydrogen) atoms. The quantitative estimate of drug-likeness (QED) is 0.677. The van der Waals surface area contributed by atoms with Crippen molar-refractivity contribution in [2.75, 3.05) is 0 Å². The molecule has 0 atom stereocenters. The van der Waals surface area contributed by atoms with Gasteiger partial charge in [-0.05, 0) is 12.1 Å². The standard InChI is InChI=1S/C11H10ClN5O/c1-2-8-13-11(18-16-8)7-3-4-17-9(5-7)14-15-10(17)6-12/h3-5H,2,6H2,1H3. The van der Waals surface area contributed by atoms with E-state index < -0.39 is 0 Å². The predicted molar refractivity (Wildman–Crippen MR) is 65.2 cm³/mol. The van der Waals surface area contributed by atoms with Gasteiger partial charge in [0.2, 0.25) is 0 Å². The van der Waals surface area contributed by atoms with E-state index in [1.54, 1.807) is 0 Å². The lowest BCUT2D eigenvalue weighted by atomic mass is 10.2. The predicted octanol–water partition coefficient (Wildman–Crippen LogP) is 2.08. The van der Waals surface area contributed by atoms with Gasteiger partial charge in [-0.1, -0.05) is 12.1 Å². The number of alkyl halides is 1. The minimum absolute atomic E-state index is 0.320. The lowest BCUT2D eigenvalue weighted by molar-refractivity contribution is 0.423. The fourth-order valence-electron chi connectivity index (χ4n) is 1.68. The van der Waals surface area contributed by atoms with Crippen LogP contribution in [0.4, 0.5) is 0 Å². The Labute approximate surface area is 108 Å². The van der Waals surface area contributed by atoms with E-state index >= 15 is 0 Å². The third-order valence-electron chi connectivity index (χ3n) is 2.63. The van der Waals surface area contributed by atoms with E-state index in [1.165, 1.54) is 0 Å². The maximum absolute atomic E-state index is 5.76. The van der Waals surface area contributed by atoms with Gasteiger partial charge >= 0.3 is 0 Å². The molecule has 0 fully saturated rings. The number of hydrogen-bond donors (Lipinski definition) is 0. The van der Waals surface area contributed by atoms with E-state index in [9.17, 15) is 0 Å². The average Bonchev–Trinajstić information content (AvgIpc) is 3.04. The molecule has 0 saturated carbocycles. The normalized spacial score (nSPS) is 11.2. The molecule has 0 bridgehead atoms. The third-order valence-corrected chi connectivity index (χ3v) is 2.87. The number of rotatable bonds is 3. The first kappa shape index (κ1) is 11.2. The van der Waals surface area contributed by atoms with E-state index in [-0.39, 0.29) is 0 Å². The van der Waals surface area contributed by atoms with E-state index in [0.717, 1.165) is 12.0 Å². The molecule has 0 unspecified atom stereocenters. The van der Waals surface area contributed by atoms with E-state index in [4.69, 9.17) is 16.1 Å². The Bertz CT molecular complexity index is 690. The summed E-state index contributed by atoms with van der Waals surface area (Å²) in [4.78, 5) is 4.27. The third kappa shape index (κ3) is 1.74. The lowest BCUT2D eigenvalue weighted by Gasteiger charge is -1.97. The molecule has 0 radical (unpaired) electrons. The van der Waals surface area contributed by atoms with Crippen LogP contribution in [0.5, 0.6) is 0 Å². The van der Waals surface area contributed by atoms with Gasteiger partial charge in [0.15, 0.2) is 17.3 Å². The summed E-state index contributed by atoms with van der Waals surface area (Å²) in [6.07, 6.45) is 2.59. The zero-order valence-electron chi connectivity index (χ0n) is 9.67. The second-order valence-corrected chi connectivity index (χ2v) is 4.03. The van der Waals surface area contributed by atoms with Crippen LogP contribution in [0.15, 0.2) is 22.9 Å². The fourth-order valence-corrected chi connectivity index (χ4v) is 1.86. The molecular weight excluding hydrogens is 254 g/mol. The van der Waals surface area contributed by atoms with E-state index in [2.05, 4.69) is 20.3 Å². The second-order valence-electron chi connectivity index (χ2n) is 3.76. The van der Waals surface area contributed by atoms with E-state index in [0.29, 0.717) is 29.1 Å². The maximum atomic E-state index is 5.76. The minimum atomic E-state index is 0.320. The molecular formula is C11H10ClN5O. The van der Waals surface area contributed by atoms with Crippen LogP contribution in [0.2, 0.25) is 0 Å². The number of fused-ring (bicyclic) bond motifs is 1. The van der Waals surface area contributed by atoms with Crippen molar-refractivity contribution in [1.82, 2.24) is 24.7 Å². The molecule has 0 N–H and O–H groups in total. The summed E-state index contributed by atoms with van der Waals surface area (Å²) in [5, 5.41) is 11.9. The number of aryl methyl sites for hydroxylation is 1. The van der Waals surface area contributed by atoms with Crippen LogP contribution < -0.4 is 0 Å². The summed E-state index contributed by atoms with van der Waals surface area (Å²) in [5.41, 5.74) is 1.53. The molecule has 0 aliphatic rings. The van der Waals surface area contributed by atoms with Crippen LogP contribution in [0.3, 0.4) is 0 Å². The van der Waals surface area contributed by atoms with Crippen molar-refractivity contribution < 1.29 is 4.52 Å². The molecule has 3 rings (SSSR count). The number of aromatic nitrogens is 5. The summed E-state index contributed by atoms with van der Waals surface area (Å²) in [6.45, 7) is 1.98. The summed E-state index contributed by atoms with van der Waals surface area (Å²) in [6, 6.07) is 3.72. The van der Waals surface area contributed by atoms with Crippen molar-refractivity contribution in [2.24, 2.45) is 0 Å². The van der Waals surface area contributed by atoms with Crippen molar-refractivity contribution in [3.8, 4) is 11.5 Å². The first-order valence-corrected chi connectivity index (χ1v) is 6.08. The lowest BCUT2D eigenvalue weighted by Crippen LogP contribution is -1.91. The highest BCUT2D eigenvalue weighted by molar-refractivity contribution is 6.16. The molecule has 0 amide bonds. The highest BCUT2D eigenvalue weighted by atomic mass is 35.5. The van der Waals surface area contributed by atoms with Gasteiger partial charge in [0.05, 0.1) is 5.88 Å². The van der Waals surface area contributed by atoms with Gasteiger partial charge in [-0.3, -0.25) is 4.40 Å². The van der Waals surface area contributed by atoms with Gasteiger partial charge in [-0.15, -0.1) is 21.8 Å². The summed E-state index contributed by atoms with van der Waals surface area (Å²) >= 11 is 5.76. The second kappa shape index (κ2) is 4.38. The van der Waals surface area contributed by atoms with Gasteiger partial charge < -0.3 is 4.52 Å². The number of halogens is 1. The van der Waals surface area contributed by atoms with E-state index in [1.807, 2.05) is 29.7 Å². The summed E-state index contributed by atoms with van der Waals surface area (Å²) in [7, 11) is 0. The zero-order valence-corrected chi connectivity index (χ0v) is 10.4. The van der Waals surface area contributed by atoms with Crippen LogP contribution in [-0.2, 0) is 12.3 Å². The Hall–Kier alpha value is -1.95. The fraction of sp³-hybridized carbons (Fsp3) is 0.273. The molecule has 7 heteroatoms. The average molecular weight is 264 g/mol. The van der Waals surface area contributed by atoms with Gasteiger partial charge in [0.25, 0.3) is 5.89 Å². The number of nitrogens with zero attached hydrogens (tertiary/aromatic N) is 5. The Morgan fingerprint density at radius 1 is 1.39 bits per heavy atom. The topological polar surface area (TPSA) is 69.1 Å². The molecule has 92 valence electrons. The molecule has 0 aromatic carbocycles. The van der Waals surface area contributed by atoms with Crippen molar-refractivity contribution in [3.05, 3.63) is 30.0 Å². The Morgan fingerprint density at radius 3 is 3.00 bits per heavy atom. The van der Waals surface area contributed by atoms with Crippen molar-refractivity contribution in [2.45, 2.75) is 19.2 Å². The maximum Gasteiger partial charge on any atom is 0.258 e. The zero-order chi connectivity index (χ0) is 12.5. The minimum Gasteiger partial charge on any atom is -0.334 e. The molecule has 3 aromatic rings. The highest BCUT2D eigenvalue weighted by Gasteiger charge is 2.10. The van der Waals surface area contributed by atoms with Crippen molar-refractivity contribution in [1.29, 1.82) is 0 Å². The Morgan fingerprint density at radius 2 is 2.28 bits per heavy atom. The SMILES string of the molecule is CCc1noc(-c2ccn3c(CCl)nnc3c2)n1. The smallest absolute Gasteiger partial charge is 0.258 e. The summed E-state index contributed by atoms with van der Waals surface area (Å²) in [5.74, 6) is 2.21. The van der Waals surface area contributed by atoms with Gasteiger partial charge in [-0.2, -0.15) is 4.98 Å². The van der Waals surface area contributed by atoms with Crippen LogP contribution in [0.25, 0.3) is 17.1 Å². The van der Waals surface area contributed by atoms with Gasteiger partial charge in [0.1, 0.15) is 0 Å². The van der Waals surface area contributed by atoms with Crippen LogP contribution >= 0.6 is 11.6 Å². The molecule has 6 nitrogen and oxygen atoms in total. The molecule has 3 aromatic heterocycles.